The third-order valence-electron chi connectivity index (χ3n) is 4.56. The Kier molecular flexibility index (Phi) is 4.93. The smallest absolute Gasteiger partial charge is 0.380 e. The molecule has 0 unspecified atom stereocenters. The summed E-state index contributed by atoms with van der Waals surface area (Å²) < 4.78 is 40.8. The van der Waals surface area contributed by atoms with Crippen LogP contribution in [-0.4, -0.2) is 16.3 Å². The first kappa shape index (κ1) is 18.4. The monoisotopic (exact) mass is 368 g/mol. The largest absolute Gasteiger partial charge is 0.417 e. The van der Waals surface area contributed by atoms with Crippen molar-refractivity contribution in [1.82, 2.24) is 4.98 Å². The third kappa shape index (κ3) is 4.05. The number of nitrogens with zero attached hydrogens (tertiary/aromatic N) is 1. The van der Waals surface area contributed by atoms with Crippen LogP contribution in [-0.2, 0) is 12.6 Å². The van der Waals surface area contributed by atoms with Crippen LogP contribution in [0, 0.1) is 0 Å². The first-order chi connectivity index (χ1) is 11.7. The van der Waals surface area contributed by atoms with E-state index in [4.69, 9.17) is 0 Å². The maximum absolute atomic E-state index is 13.6. The van der Waals surface area contributed by atoms with Crippen LogP contribution in [0.15, 0.2) is 23.2 Å². The summed E-state index contributed by atoms with van der Waals surface area (Å²) in [5.41, 5.74) is 1.62. The molecule has 136 valence electrons. The van der Waals surface area contributed by atoms with Crippen LogP contribution in [0.25, 0.3) is 10.9 Å². The lowest BCUT2D eigenvalue weighted by atomic mass is 9.88. The molecule has 0 saturated carbocycles. The van der Waals surface area contributed by atoms with Gasteiger partial charge in [0.25, 0.3) is 0 Å². The number of rotatable bonds is 4. The summed E-state index contributed by atoms with van der Waals surface area (Å²) in [5, 5.41) is 4.08. The maximum atomic E-state index is 13.6. The van der Waals surface area contributed by atoms with Crippen molar-refractivity contribution >= 4 is 28.4 Å². The molecule has 2 aromatic rings. The zero-order valence-corrected chi connectivity index (χ0v) is 15.6. The molecule has 1 aromatic heterocycles. The number of halogens is 3. The maximum Gasteiger partial charge on any atom is 0.417 e. The molecule has 2 heterocycles. The summed E-state index contributed by atoms with van der Waals surface area (Å²) in [5.74, 6) is 0.780. The molecule has 0 saturated heterocycles. The van der Waals surface area contributed by atoms with Gasteiger partial charge in [-0.15, -0.1) is 11.8 Å². The zero-order valence-electron chi connectivity index (χ0n) is 14.8. The van der Waals surface area contributed by atoms with E-state index in [2.05, 4.69) is 31.1 Å². The van der Waals surface area contributed by atoms with Crippen molar-refractivity contribution in [3.8, 4) is 0 Å². The Bertz CT molecular complexity index is 784. The minimum absolute atomic E-state index is 0.0545. The fourth-order valence-corrected chi connectivity index (χ4v) is 4.13. The van der Waals surface area contributed by atoms with Crippen molar-refractivity contribution in [3.63, 3.8) is 0 Å². The van der Waals surface area contributed by atoms with Gasteiger partial charge in [0.2, 0.25) is 0 Å². The molecular formula is C19H23F3N2S. The van der Waals surface area contributed by atoms with Gasteiger partial charge in [-0.05, 0) is 62.6 Å². The van der Waals surface area contributed by atoms with Gasteiger partial charge in [-0.25, -0.2) is 4.98 Å². The van der Waals surface area contributed by atoms with E-state index in [1.807, 2.05) is 0 Å². The Morgan fingerprint density at radius 3 is 2.68 bits per heavy atom. The summed E-state index contributed by atoms with van der Waals surface area (Å²) in [6, 6.07) is 4.66. The van der Waals surface area contributed by atoms with Gasteiger partial charge in [0.15, 0.2) is 0 Å². The van der Waals surface area contributed by atoms with Crippen LogP contribution in [0.2, 0.25) is 0 Å². The predicted molar refractivity (Wildman–Crippen MR) is 98.4 cm³/mol. The van der Waals surface area contributed by atoms with Gasteiger partial charge in [-0.1, -0.05) is 13.3 Å². The normalized spacial score (nSPS) is 16.6. The molecule has 0 atom stereocenters. The molecule has 1 aromatic carbocycles. The van der Waals surface area contributed by atoms with Crippen molar-refractivity contribution in [2.45, 2.75) is 63.2 Å². The molecule has 0 spiro atoms. The fraction of sp³-hybridized carbons (Fsp3) is 0.526. The minimum atomic E-state index is -4.38. The first-order valence-electron chi connectivity index (χ1n) is 8.65. The van der Waals surface area contributed by atoms with Gasteiger partial charge < -0.3 is 5.32 Å². The molecular weight excluding hydrogens is 345 g/mol. The van der Waals surface area contributed by atoms with Gasteiger partial charge in [-0.2, -0.15) is 13.2 Å². The average molecular weight is 368 g/mol. The summed E-state index contributed by atoms with van der Waals surface area (Å²) >= 11 is 1.40. The van der Waals surface area contributed by atoms with Crippen LogP contribution in [0.1, 0.15) is 51.2 Å². The summed E-state index contributed by atoms with van der Waals surface area (Å²) in [7, 11) is 0. The molecule has 0 amide bonds. The van der Waals surface area contributed by atoms with E-state index in [0.717, 1.165) is 42.7 Å². The van der Waals surface area contributed by atoms with E-state index in [1.165, 1.54) is 17.8 Å². The lowest BCUT2D eigenvalue weighted by molar-refractivity contribution is -0.136. The second-order valence-corrected chi connectivity index (χ2v) is 8.36. The van der Waals surface area contributed by atoms with Crippen molar-refractivity contribution in [2.75, 3.05) is 11.1 Å². The van der Waals surface area contributed by atoms with Crippen LogP contribution >= 0.6 is 11.8 Å². The number of hydrogen-bond donors (Lipinski definition) is 1. The number of anilines is 1. The van der Waals surface area contributed by atoms with Gasteiger partial charge in [-0.3, -0.25) is 0 Å². The molecule has 3 rings (SSSR count). The summed E-state index contributed by atoms with van der Waals surface area (Å²) in [4.78, 5) is 4.50. The Balaban J connectivity index is 2.11. The molecule has 2 nitrogen and oxygen atoms in total. The van der Waals surface area contributed by atoms with E-state index in [0.29, 0.717) is 10.5 Å². The lowest BCUT2D eigenvalue weighted by Crippen LogP contribution is -2.35. The number of fused-ring (bicyclic) bond motifs is 2. The SMILES string of the molecule is CCCCSc1cc(C(F)(F)F)c2cc3c(cc2n1)NC(C)(C)CC3. The van der Waals surface area contributed by atoms with Crippen LogP contribution in [0.5, 0.6) is 0 Å². The number of pyridine rings is 1. The van der Waals surface area contributed by atoms with E-state index >= 15 is 0 Å². The fourth-order valence-electron chi connectivity index (χ4n) is 3.12. The van der Waals surface area contributed by atoms with Crippen LogP contribution in [0.4, 0.5) is 18.9 Å². The van der Waals surface area contributed by atoms with Gasteiger partial charge in [0.1, 0.15) is 0 Å². The molecule has 25 heavy (non-hydrogen) atoms. The highest BCUT2D eigenvalue weighted by Gasteiger charge is 2.34. The van der Waals surface area contributed by atoms with E-state index < -0.39 is 11.7 Å². The summed E-state index contributed by atoms with van der Waals surface area (Å²) in [6.07, 6.45) is -0.734. The molecule has 1 aliphatic rings. The zero-order chi connectivity index (χ0) is 18.2. The number of aromatic nitrogens is 1. The first-order valence-corrected chi connectivity index (χ1v) is 9.64. The van der Waals surface area contributed by atoms with Gasteiger partial charge in [0.05, 0.1) is 16.1 Å². The molecule has 0 aliphatic carbocycles. The average Bonchev–Trinajstić information content (AvgIpc) is 2.51. The number of aryl methyl sites for hydroxylation is 1. The minimum Gasteiger partial charge on any atom is -0.380 e. The highest BCUT2D eigenvalue weighted by atomic mass is 32.2. The Hall–Kier alpha value is -1.43. The standard InChI is InChI=1S/C19H23F3N2S/c1-4-5-8-25-17-10-14(19(20,21)22)13-9-12-6-7-18(2,3)24-15(12)11-16(13)23-17/h9-11,24H,4-8H2,1-3H3. The predicted octanol–water partition coefficient (Wildman–Crippen LogP) is 6.28. The van der Waals surface area contributed by atoms with Crippen molar-refractivity contribution in [1.29, 1.82) is 0 Å². The van der Waals surface area contributed by atoms with Crippen molar-refractivity contribution in [2.24, 2.45) is 0 Å². The van der Waals surface area contributed by atoms with Crippen LogP contribution < -0.4 is 5.32 Å². The van der Waals surface area contributed by atoms with E-state index in [-0.39, 0.29) is 10.9 Å². The molecule has 1 aliphatic heterocycles. The number of unbranched alkanes of at least 4 members (excludes halogenated alkanes) is 1. The summed E-state index contributed by atoms with van der Waals surface area (Å²) in [6.45, 7) is 6.27. The molecule has 6 heteroatoms. The Morgan fingerprint density at radius 2 is 2.00 bits per heavy atom. The number of hydrogen-bond acceptors (Lipinski definition) is 3. The number of alkyl halides is 3. The second kappa shape index (κ2) is 6.71. The Labute approximate surface area is 150 Å². The highest BCUT2D eigenvalue weighted by molar-refractivity contribution is 7.99. The topological polar surface area (TPSA) is 24.9 Å². The number of thioether (sulfide) groups is 1. The molecule has 1 N–H and O–H groups in total. The third-order valence-corrected chi connectivity index (χ3v) is 5.55. The quantitative estimate of drug-likeness (QED) is 0.508. The Morgan fingerprint density at radius 1 is 1.24 bits per heavy atom. The van der Waals surface area contributed by atoms with Gasteiger partial charge >= 0.3 is 6.18 Å². The van der Waals surface area contributed by atoms with Crippen molar-refractivity contribution < 1.29 is 13.2 Å². The van der Waals surface area contributed by atoms with Crippen LogP contribution in [0.3, 0.4) is 0 Å². The van der Waals surface area contributed by atoms with Gasteiger partial charge in [0, 0.05) is 16.6 Å². The van der Waals surface area contributed by atoms with E-state index in [9.17, 15) is 13.2 Å². The molecule has 0 bridgehead atoms. The second-order valence-electron chi connectivity index (χ2n) is 7.24. The highest BCUT2D eigenvalue weighted by Crippen LogP contribution is 2.40. The molecule has 0 radical (unpaired) electrons. The number of benzene rings is 1. The lowest BCUT2D eigenvalue weighted by Gasteiger charge is -2.34. The van der Waals surface area contributed by atoms with E-state index in [1.54, 1.807) is 12.1 Å². The number of nitrogens with one attached hydrogen (secondary N) is 1. The molecule has 0 fully saturated rings. The van der Waals surface area contributed by atoms with Crippen molar-refractivity contribution in [3.05, 3.63) is 29.3 Å².